The van der Waals surface area contributed by atoms with Crippen LogP contribution in [-0.2, 0) is 11.2 Å². The monoisotopic (exact) mass is 266 g/mol. The fourth-order valence-electron chi connectivity index (χ4n) is 2.24. The Morgan fingerprint density at radius 1 is 1.58 bits per heavy atom. The van der Waals surface area contributed by atoms with Crippen LogP contribution < -0.4 is 5.32 Å². The molecule has 0 radical (unpaired) electrons. The number of nitrogens with one attached hydrogen (secondary N) is 1. The summed E-state index contributed by atoms with van der Waals surface area (Å²) in [5.74, 6) is 0.0104. The molecule has 0 spiro atoms. The number of hydrogen-bond acceptors (Lipinski definition) is 4. The summed E-state index contributed by atoms with van der Waals surface area (Å²) < 4.78 is 1.63. The van der Waals surface area contributed by atoms with Crippen molar-refractivity contribution >= 4 is 5.91 Å². The van der Waals surface area contributed by atoms with Crippen LogP contribution >= 0.6 is 0 Å². The van der Waals surface area contributed by atoms with Crippen molar-refractivity contribution in [2.75, 3.05) is 6.54 Å². The van der Waals surface area contributed by atoms with Crippen LogP contribution in [0.15, 0.2) is 6.20 Å². The molecule has 6 nitrogen and oxygen atoms in total. The molecule has 19 heavy (non-hydrogen) atoms. The van der Waals surface area contributed by atoms with Crippen LogP contribution in [0.5, 0.6) is 0 Å². The Morgan fingerprint density at radius 3 is 3.11 bits per heavy atom. The lowest BCUT2D eigenvalue weighted by molar-refractivity contribution is -0.124. The topological polar surface area (TPSA) is 80.0 Å². The lowest BCUT2D eigenvalue weighted by atomic mass is 9.98. The predicted molar refractivity (Wildman–Crippen MR) is 70.5 cm³/mol. The smallest absolute Gasteiger partial charge is 0.244 e. The molecule has 2 rings (SSSR count). The number of aromatic nitrogens is 3. The Balaban J connectivity index is 2.09. The van der Waals surface area contributed by atoms with Gasteiger partial charge in [-0.25, -0.2) is 4.68 Å². The van der Waals surface area contributed by atoms with Crippen molar-refractivity contribution in [1.29, 1.82) is 0 Å². The standard InChI is InChI=1S/C13H22N4O2/c1-3-13(2,19)8-10-9-17(16-15-10)11-6-4-5-7-14-12(11)18/h9,11,19H,3-8H2,1-2H3,(H,14,18). The first-order chi connectivity index (χ1) is 9.02. The van der Waals surface area contributed by atoms with E-state index in [9.17, 15) is 9.90 Å². The first-order valence-electron chi connectivity index (χ1n) is 6.92. The van der Waals surface area contributed by atoms with Crippen LogP contribution in [0, 0.1) is 0 Å². The van der Waals surface area contributed by atoms with Gasteiger partial charge in [-0.15, -0.1) is 5.10 Å². The molecule has 2 heterocycles. The molecule has 1 fully saturated rings. The van der Waals surface area contributed by atoms with E-state index in [0.717, 1.165) is 31.5 Å². The van der Waals surface area contributed by atoms with Gasteiger partial charge in [-0.2, -0.15) is 0 Å². The molecule has 1 amide bonds. The average Bonchev–Trinajstić information content (AvgIpc) is 2.70. The van der Waals surface area contributed by atoms with Gasteiger partial charge in [-0.05, 0) is 32.6 Å². The maximum atomic E-state index is 11.9. The zero-order valence-corrected chi connectivity index (χ0v) is 11.6. The van der Waals surface area contributed by atoms with Gasteiger partial charge in [0.2, 0.25) is 5.91 Å². The van der Waals surface area contributed by atoms with Crippen molar-refractivity contribution in [2.24, 2.45) is 0 Å². The molecule has 1 aliphatic heterocycles. The minimum atomic E-state index is -0.771. The molecule has 2 atom stereocenters. The molecular formula is C13H22N4O2. The Bertz CT molecular complexity index is 442. The maximum Gasteiger partial charge on any atom is 0.244 e. The fourth-order valence-corrected chi connectivity index (χ4v) is 2.24. The third-order valence-electron chi connectivity index (χ3n) is 3.71. The molecule has 0 bridgehead atoms. The van der Waals surface area contributed by atoms with Crippen LogP contribution in [0.25, 0.3) is 0 Å². The highest BCUT2D eigenvalue weighted by molar-refractivity contribution is 5.80. The number of hydrogen-bond donors (Lipinski definition) is 2. The van der Waals surface area contributed by atoms with E-state index >= 15 is 0 Å². The Kier molecular flexibility index (Phi) is 4.19. The molecule has 0 aliphatic carbocycles. The summed E-state index contributed by atoms with van der Waals surface area (Å²) in [5, 5.41) is 21.0. The Morgan fingerprint density at radius 2 is 2.37 bits per heavy atom. The van der Waals surface area contributed by atoms with Crippen molar-refractivity contribution in [3.05, 3.63) is 11.9 Å². The van der Waals surface area contributed by atoms with Gasteiger partial charge in [-0.1, -0.05) is 12.1 Å². The molecule has 2 unspecified atom stereocenters. The Labute approximate surface area is 113 Å². The third-order valence-corrected chi connectivity index (χ3v) is 3.71. The number of carbonyl (C=O) groups excluding carboxylic acids is 1. The summed E-state index contributed by atoms with van der Waals surface area (Å²) in [6.07, 6.45) is 5.69. The Hall–Kier alpha value is -1.43. The zero-order chi connectivity index (χ0) is 13.9. The molecule has 0 aromatic carbocycles. The number of aliphatic hydroxyl groups is 1. The number of amides is 1. The average molecular weight is 266 g/mol. The molecule has 1 aromatic heterocycles. The number of nitrogens with zero attached hydrogens (tertiary/aromatic N) is 3. The van der Waals surface area contributed by atoms with E-state index in [-0.39, 0.29) is 11.9 Å². The van der Waals surface area contributed by atoms with Crippen molar-refractivity contribution in [1.82, 2.24) is 20.3 Å². The summed E-state index contributed by atoms with van der Waals surface area (Å²) in [7, 11) is 0. The zero-order valence-electron chi connectivity index (χ0n) is 11.6. The minimum Gasteiger partial charge on any atom is -0.390 e. The van der Waals surface area contributed by atoms with E-state index in [1.165, 1.54) is 0 Å². The molecule has 0 saturated carbocycles. The lowest BCUT2D eigenvalue weighted by Crippen LogP contribution is -2.31. The van der Waals surface area contributed by atoms with E-state index < -0.39 is 5.60 Å². The second kappa shape index (κ2) is 5.69. The highest BCUT2D eigenvalue weighted by Crippen LogP contribution is 2.19. The predicted octanol–water partition coefficient (Wildman–Crippen LogP) is 0.823. The summed E-state index contributed by atoms with van der Waals surface area (Å²) in [4.78, 5) is 11.9. The van der Waals surface area contributed by atoms with Crippen LogP contribution in [0.2, 0.25) is 0 Å². The number of carbonyl (C=O) groups is 1. The first-order valence-corrected chi connectivity index (χ1v) is 6.92. The molecular weight excluding hydrogens is 244 g/mol. The quantitative estimate of drug-likeness (QED) is 0.845. The normalized spacial score (nSPS) is 23.5. The molecule has 2 N–H and O–H groups in total. The van der Waals surface area contributed by atoms with Crippen molar-refractivity contribution in [3.8, 4) is 0 Å². The van der Waals surface area contributed by atoms with Gasteiger partial charge < -0.3 is 10.4 Å². The third kappa shape index (κ3) is 3.53. The van der Waals surface area contributed by atoms with Crippen LogP contribution in [0.4, 0.5) is 0 Å². The molecule has 1 aliphatic rings. The molecule has 1 saturated heterocycles. The van der Waals surface area contributed by atoms with Gasteiger partial charge in [0.25, 0.3) is 0 Å². The molecule has 1 aromatic rings. The second-order valence-corrected chi connectivity index (χ2v) is 5.52. The van der Waals surface area contributed by atoms with Gasteiger partial charge in [0, 0.05) is 19.2 Å². The van der Waals surface area contributed by atoms with Gasteiger partial charge in [0.05, 0.1) is 11.3 Å². The van der Waals surface area contributed by atoms with Crippen molar-refractivity contribution < 1.29 is 9.90 Å². The lowest BCUT2D eigenvalue weighted by Gasteiger charge is -2.19. The van der Waals surface area contributed by atoms with Crippen LogP contribution in [-0.4, -0.2) is 38.2 Å². The van der Waals surface area contributed by atoms with E-state index in [1.54, 1.807) is 17.8 Å². The fraction of sp³-hybridized carbons (Fsp3) is 0.769. The highest BCUT2D eigenvalue weighted by atomic mass is 16.3. The summed E-state index contributed by atoms with van der Waals surface area (Å²) >= 11 is 0. The van der Waals surface area contributed by atoms with Gasteiger partial charge in [-0.3, -0.25) is 4.79 Å². The first kappa shape index (κ1) is 14.0. The molecule has 106 valence electrons. The second-order valence-electron chi connectivity index (χ2n) is 5.52. The van der Waals surface area contributed by atoms with E-state index in [2.05, 4.69) is 15.6 Å². The van der Waals surface area contributed by atoms with Gasteiger partial charge >= 0.3 is 0 Å². The van der Waals surface area contributed by atoms with Crippen molar-refractivity contribution in [3.63, 3.8) is 0 Å². The van der Waals surface area contributed by atoms with Gasteiger partial charge in [0.1, 0.15) is 6.04 Å². The van der Waals surface area contributed by atoms with Crippen molar-refractivity contribution in [2.45, 2.75) is 57.6 Å². The minimum absolute atomic E-state index is 0.0104. The summed E-state index contributed by atoms with van der Waals surface area (Å²) in [5.41, 5.74) is -0.0454. The molecule has 6 heteroatoms. The SMILES string of the molecule is CCC(C)(O)Cc1cn(C2CCCCNC2=O)nn1. The number of rotatable bonds is 4. The summed E-state index contributed by atoms with van der Waals surface area (Å²) in [6.45, 7) is 4.45. The van der Waals surface area contributed by atoms with Crippen LogP contribution in [0.1, 0.15) is 51.3 Å². The largest absolute Gasteiger partial charge is 0.390 e. The van der Waals surface area contributed by atoms with E-state index in [1.807, 2.05) is 6.92 Å². The van der Waals surface area contributed by atoms with Gasteiger partial charge in [0.15, 0.2) is 0 Å². The van der Waals surface area contributed by atoms with E-state index in [0.29, 0.717) is 12.8 Å². The van der Waals surface area contributed by atoms with E-state index in [4.69, 9.17) is 0 Å². The highest BCUT2D eigenvalue weighted by Gasteiger charge is 2.25. The van der Waals surface area contributed by atoms with Crippen LogP contribution in [0.3, 0.4) is 0 Å². The summed E-state index contributed by atoms with van der Waals surface area (Å²) in [6, 6.07) is -0.268. The maximum absolute atomic E-state index is 11.9.